The Morgan fingerprint density at radius 3 is 2.12 bits per heavy atom. The highest BCUT2D eigenvalue weighted by Crippen LogP contribution is 1.78. The number of rotatable bonds is 1. The summed E-state index contributed by atoms with van der Waals surface area (Å²) in [6.45, 7) is 0.0174. The van der Waals surface area contributed by atoms with Gasteiger partial charge in [-0.15, -0.1) is 0 Å². The molecule has 0 saturated heterocycles. The van der Waals surface area contributed by atoms with Crippen LogP contribution in [0.2, 0.25) is 0 Å². The number of likely N-dealkylation sites (N-methyl/N-ethyl adjacent to an activating group) is 1. The van der Waals surface area contributed by atoms with Crippen LogP contribution in [0, 0.1) is 0 Å². The van der Waals surface area contributed by atoms with Gasteiger partial charge in [0.1, 0.15) is 12.4 Å². The van der Waals surface area contributed by atoms with Gasteiger partial charge in [0.05, 0.1) is 0 Å². The molecule has 0 aliphatic rings. The first-order chi connectivity index (χ1) is 3.72. The molecule has 0 saturated carbocycles. The predicted molar refractivity (Wildman–Crippen MR) is 34.1 cm³/mol. The van der Waals surface area contributed by atoms with Gasteiger partial charge in [0.25, 0.3) is 0 Å². The SMILES string of the molecule is CN=C(CO)N(C)C. The summed E-state index contributed by atoms with van der Waals surface area (Å²) in [5.74, 6) is 0.699. The second-order valence-electron chi connectivity index (χ2n) is 1.69. The summed E-state index contributed by atoms with van der Waals surface area (Å²) in [7, 11) is 5.35. The summed E-state index contributed by atoms with van der Waals surface area (Å²) < 4.78 is 0. The molecule has 0 unspecified atom stereocenters. The third kappa shape index (κ3) is 1.93. The highest BCUT2D eigenvalue weighted by Gasteiger charge is 1.94. The van der Waals surface area contributed by atoms with Crippen molar-refractivity contribution in [2.75, 3.05) is 27.7 Å². The maximum absolute atomic E-state index is 8.52. The van der Waals surface area contributed by atoms with Crippen molar-refractivity contribution >= 4 is 5.84 Å². The molecular weight excluding hydrogens is 104 g/mol. The highest BCUT2D eigenvalue weighted by molar-refractivity contribution is 5.82. The minimum atomic E-state index is 0.0174. The van der Waals surface area contributed by atoms with Crippen LogP contribution in [0.15, 0.2) is 4.99 Å². The standard InChI is InChI=1S/C5H12N2O/c1-6-5(4-8)7(2)3/h8H,4H2,1-3H3. The average Bonchev–Trinajstić information content (AvgIpc) is 1.69. The number of nitrogens with zero attached hydrogens (tertiary/aromatic N) is 2. The van der Waals surface area contributed by atoms with E-state index in [0.29, 0.717) is 5.84 Å². The van der Waals surface area contributed by atoms with Crippen molar-refractivity contribution in [2.45, 2.75) is 0 Å². The fourth-order valence-electron chi connectivity index (χ4n) is 0.412. The van der Waals surface area contributed by atoms with E-state index in [1.54, 1.807) is 11.9 Å². The van der Waals surface area contributed by atoms with Gasteiger partial charge in [0, 0.05) is 21.1 Å². The smallest absolute Gasteiger partial charge is 0.124 e. The molecule has 0 aromatic carbocycles. The number of hydrogen-bond donors (Lipinski definition) is 1. The van der Waals surface area contributed by atoms with Gasteiger partial charge in [-0.3, -0.25) is 4.99 Å². The van der Waals surface area contributed by atoms with Crippen LogP contribution in [-0.2, 0) is 0 Å². The minimum Gasteiger partial charge on any atom is -0.388 e. The summed E-state index contributed by atoms with van der Waals surface area (Å²) in [5.41, 5.74) is 0. The first-order valence-corrected chi connectivity index (χ1v) is 2.46. The summed E-state index contributed by atoms with van der Waals surface area (Å²) in [6, 6.07) is 0. The molecule has 0 aromatic heterocycles. The molecule has 0 heterocycles. The fraction of sp³-hybridized carbons (Fsp3) is 0.800. The summed E-state index contributed by atoms with van der Waals surface area (Å²) in [5, 5.41) is 8.52. The molecule has 0 spiro atoms. The van der Waals surface area contributed by atoms with Gasteiger partial charge in [-0.05, 0) is 0 Å². The highest BCUT2D eigenvalue weighted by atomic mass is 16.3. The second-order valence-corrected chi connectivity index (χ2v) is 1.69. The van der Waals surface area contributed by atoms with Crippen LogP contribution in [0.4, 0.5) is 0 Å². The molecular formula is C5H12N2O. The van der Waals surface area contributed by atoms with E-state index < -0.39 is 0 Å². The van der Waals surface area contributed by atoms with E-state index >= 15 is 0 Å². The molecule has 0 bridgehead atoms. The van der Waals surface area contributed by atoms with E-state index in [4.69, 9.17) is 5.11 Å². The molecule has 0 amide bonds. The molecule has 0 rings (SSSR count). The monoisotopic (exact) mass is 116 g/mol. The van der Waals surface area contributed by atoms with Gasteiger partial charge in [-0.2, -0.15) is 0 Å². The topological polar surface area (TPSA) is 35.8 Å². The third-order valence-corrected chi connectivity index (χ3v) is 0.916. The third-order valence-electron chi connectivity index (χ3n) is 0.916. The van der Waals surface area contributed by atoms with Crippen LogP contribution in [0.5, 0.6) is 0 Å². The molecule has 0 atom stereocenters. The van der Waals surface area contributed by atoms with E-state index in [-0.39, 0.29) is 6.61 Å². The van der Waals surface area contributed by atoms with Crippen LogP contribution < -0.4 is 0 Å². The molecule has 1 N–H and O–H groups in total. The van der Waals surface area contributed by atoms with Gasteiger partial charge in [0.15, 0.2) is 0 Å². The Balaban J connectivity index is 3.72. The normalized spacial score (nSPS) is 11.8. The number of aliphatic hydroxyl groups excluding tert-OH is 1. The Kier molecular flexibility index (Phi) is 3.19. The van der Waals surface area contributed by atoms with E-state index in [9.17, 15) is 0 Å². The van der Waals surface area contributed by atoms with Crippen LogP contribution in [-0.4, -0.2) is 43.6 Å². The summed E-state index contributed by atoms with van der Waals surface area (Å²) in [6.07, 6.45) is 0. The average molecular weight is 116 g/mol. The van der Waals surface area contributed by atoms with E-state index in [2.05, 4.69) is 4.99 Å². The zero-order valence-corrected chi connectivity index (χ0v) is 5.55. The van der Waals surface area contributed by atoms with Gasteiger partial charge >= 0.3 is 0 Å². The maximum atomic E-state index is 8.52. The fourth-order valence-corrected chi connectivity index (χ4v) is 0.412. The lowest BCUT2D eigenvalue weighted by Crippen LogP contribution is -2.24. The number of aliphatic hydroxyl groups is 1. The van der Waals surface area contributed by atoms with Crippen LogP contribution in [0.3, 0.4) is 0 Å². The number of amidine groups is 1. The van der Waals surface area contributed by atoms with Crippen molar-refractivity contribution in [1.29, 1.82) is 0 Å². The quantitative estimate of drug-likeness (QED) is 0.372. The molecule has 0 aromatic rings. The van der Waals surface area contributed by atoms with Crippen molar-refractivity contribution in [3.63, 3.8) is 0 Å². The van der Waals surface area contributed by atoms with Crippen LogP contribution >= 0.6 is 0 Å². The van der Waals surface area contributed by atoms with Crippen LogP contribution in [0.25, 0.3) is 0 Å². The van der Waals surface area contributed by atoms with Gasteiger partial charge in [0.2, 0.25) is 0 Å². The van der Waals surface area contributed by atoms with E-state index in [0.717, 1.165) is 0 Å². The lowest BCUT2D eigenvalue weighted by molar-refractivity contribution is 0.340. The predicted octanol–water partition coefficient (Wildman–Crippen LogP) is -0.431. The van der Waals surface area contributed by atoms with Crippen LogP contribution in [0.1, 0.15) is 0 Å². The Hall–Kier alpha value is -0.570. The first kappa shape index (κ1) is 7.43. The molecule has 0 aliphatic carbocycles. The Bertz CT molecular complexity index is 88.4. The largest absolute Gasteiger partial charge is 0.388 e. The summed E-state index contributed by atoms with van der Waals surface area (Å²) in [4.78, 5) is 5.58. The lowest BCUT2D eigenvalue weighted by Gasteiger charge is -2.11. The van der Waals surface area contributed by atoms with Crippen molar-refractivity contribution in [2.24, 2.45) is 4.99 Å². The Morgan fingerprint density at radius 2 is 2.12 bits per heavy atom. The van der Waals surface area contributed by atoms with Gasteiger partial charge in [-0.25, -0.2) is 0 Å². The zero-order chi connectivity index (χ0) is 6.57. The van der Waals surface area contributed by atoms with E-state index in [1.165, 1.54) is 0 Å². The van der Waals surface area contributed by atoms with Gasteiger partial charge < -0.3 is 10.0 Å². The molecule has 48 valence electrons. The van der Waals surface area contributed by atoms with E-state index in [1.807, 2.05) is 14.1 Å². The number of hydrogen-bond acceptors (Lipinski definition) is 2. The molecule has 3 heteroatoms. The zero-order valence-electron chi connectivity index (χ0n) is 5.55. The van der Waals surface area contributed by atoms with Crippen molar-refractivity contribution in [3.05, 3.63) is 0 Å². The van der Waals surface area contributed by atoms with Gasteiger partial charge in [-0.1, -0.05) is 0 Å². The van der Waals surface area contributed by atoms with Crippen molar-refractivity contribution in [1.82, 2.24) is 4.90 Å². The Morgan fingerprint density at radius 1 is 1.62 bits per heavy atom. The summed E-state index contributed by atoms with van der Waals surface area (Å²) >= 11 is 0. The maximum Gasteiger partial charge on any atom is 0.124 e. The molecule has 0 radical (unpaired) electrons. The molecule has 3 nitrogen and oxygen atoms in total. The molecule has 8 heavy (non-hydrogen) atoms. The van der Waals surface area contributed by atoms with Crippen molar-refractivity contribution in [3.8, 4) is 0 Å². The molecule has 0 fully saturated rings. The second kappa shape index (κ2) is 3.43. The van der Waals surface area contributed by atoms with Crippen molar-refractivity contribution < 1.29 is 5.11 Å². The first-order valence-electron chi connectivity index (χ1n) is 2.46. The Labute approximate surface area is 49.6 Å². The number of aliphatic imine (C=N–C) groups is 1. The lowest BCUT2D eigenvalue weighted by atomic mass is 10.6. The molecule has 0 aliphatic heterocycles. The minimum absolute atomic E-state index is 0.0174.